The topological polar surface area (TPSA) is 92.8 Å². The van der Waals surface area contributed by atoms with Gasteiger partial charge < -0.3 is 10.1 Å². The van der Waals surface area contributed by atoms with Gasteiger partial charge in [0.15, 0.2) is 6.61 Å². The summed E-state index contributed by atoms with van der Waals surface area (Å²) in [5.74, 6) is -3.88. The number of esters is 1. The molecule has 0 aromatic heterocycles. The maximum Gasteiger partial charge on any atom is 0.329 e. The van der Waals surface area contributed by atoms with Gasteiger partial charge in [0.25, 0.3) is 5.91 Å². The van der Waals surface area contributed by atoms with Gasteiger partial charge in [-0.2, -0.15) is 0 Å². The fourth-order valence-corrected chi connectivity index (χ4v) is 6.94. The average Bonchev–Trinajstić information content (AvgIpc) is 3.18. The minimum absolute atomic E-state index is 0.261. The summed E-state index contributed by atoms with van der Waals surface area (Å²) in [5.41, 5.74) is 4.59. The Kier molecular flexibility index (Phi) is 6.12. The first-order chi connectivity index (χ1) is 18.3. The number of halogens is 2. The minimum Gasteiger partial charge on any atom is -0.454 e. The lowest BCUT2D eigenvalue weighted by atomic mass is 9.55. The third-order valence-corrected chi connectivity index (χ3v) is 8.57. The molecule has 0 unspecified atom stereocenters. The molecule has 2 bridgehead atoms. The number of likely N-dealkylation sites (tertiary alicyclic amines) is 1. The highest BCUT2D eigenvalue weighted by Gasteiger charge is 2.62. The number of hydrogen-bond acceptors (Lipinski definition) is 5. The number of carbonyl (C=O) groups is 4. The van der Waals surface area contributed by atoms with Gasteiger partial charge in [0.1, 0.15) is 6.04 Å². The second kappa shape index (κ2) is 9.36. The molecule has 3 aromatic carbocycles. The Morgan fingerprint density at radius 3 is 1.89 bits per heavy atom. The van der Waals surface area contributed by atoms with E-state index in [1.807, 2.05) is 48.5 Å². The lowest BCUT2D eigenvalue weighted by Gasteiger charge is -2.45. The Hall–Kier alpha value is -3.49. The van der Waals surface area contributed by atoms with Crippen LogP contribution in [0.5, 0.6) is 0 Å². The van der Waals surface area contributed by atoms with Crippen LogP contribution >= 0.6 is 27.5 Å². The Morgan fingerprint density at radius 2 is 1.42 bits per heavy atom. The van der Waals surface area contributed by atoms with Crippen molar-refractivity contribution in [2.24, 2.45) is 11.8 Å². The van der Waals surface area contributed by atoms with Crippen LogP contribution in [0.15, 0.2) is 71.2 Å². The van der Waals surface area contributed by atoms with Crippen molar-refractivity contribution < 1.29 is 23.9 Å². The molecule has 7 rings (SSSR count). The first kappa shape index (κ1) is 24.8. The molecule has 1 heterocycles. The molecule has 192 valence electrons. The smallest absolute Gasteiger partial charge is 0.329 e. The average molecular weight is 594 g/mol. The maximum atomic E-state index is 13.7. The molecule has 1 saturated heterocycles. The molecule has 1 fully saturated rings. The molecule has 3 aliphatic carbocycles. The number of hydrogen-bond donors (Lipinski definition) is 1. The SMILES string of the molecule is C[C@H](C(=O)OCC(=O)Nc1ccc(Br)cc1Cl)N1C(=O)[C@@H]2C3c4ccccc4C(c4ccccc43)[C@H]2C1=O. The second-order valence-corrected chi connectivity index (χ2v) is 11.1. The summed E-state index contributed by atoms with van der Waals surface area (Å²) in [5, 5.41) is 2.90. The molecule has 1 aliphatic heterocycles. The van der Waals surface area contributed by atoms with Crippen LogP contribution in [0, 0.1) is 11.8 Å². The van der Waals surface area contributed by atoms with Crippen LogP contribution in [-0.4, -0.2) is 41.2 Å². The van der Waals surface area contributed by atoms with Gasteiger partial charge in [-0.1, -0.05) is 76.1 Å². The largest absolute Gasteiger partial charge is 0.454 e. The first-order valence-electron chi connectivity index (χ1n) is 12.2. The number of anilines is 1. The van der Waals surface area contributed by atoms with E-state index < -0.39 is 36.4 Å². The van der Waals surface area contributed by atoms with Gasteiger partial charge in [-0.15, -0.1) is 0 Å². The quantitative estimate of drug-likeness (QED) is 0.337. The Balaban J connectivity index is 1.21. The molecular formula is C29H22BrClN2O5. The zero-order chi connectivity index (χ0) is 26.7. The summed E-state index contributed by atoms with van der Waals surface area (Å²) in [4.78, 5) is 53.8. The summed E-state index contributed by atoms with van der Waals surface area (Å²) in [6.45, 7) is 0.877. The van der Waals surface area contributed by atoms with Crippen LogP contribution in [0.25, 0.3) is 0 Å². The number of amides is 3. The minimum atomic E-state index is -1.17. The molecule has 3 aromatic rings. The Morgan fingerprint density at radius 1 is 0.921 bits per heavy atom. The summed E-state index contributed by atoms with van der Waals surface area (Å²) < 4.78 is 5.96. The van der Waals surface area contributed by atoms with Gasteiger partial charge >= 0.3 is 5.97 Å². The molecular weight excluding hydrogens is 572 g/mol. The lowest BCUT2D eigenvalue weighted by Crippen LogP contribution is -2.45. The summed E-state index contributed by atoms with van der Waals surface area (Å²) >= 11 is 9.42. The van der Waals surface area contributed by atoms with Gasteiger partial charge in [0.2, 0.25) is 11.8 Å². The summed E-state index contributed by atoms with van der Waals surface area (Å²) in [6.07, 6.45) is 0. The van der Waals surface area contributed by atoms with E-state index in [1.54, 1.807) is 18.2 Å². The van der Waals surface area contributed by atoms with Crippen LogP contribution in [0.4, 0.5) is 5.69 Å². The highest BCUT2D eigenvalue weighted by molar-refractivity contribution is 9.10. The molecule has 4 aliphatic rings. The number of rotatable bonds is 5. The van der Waals surface area contributed by atoms with Crippen molar-refractivity contribution in [3.05, 3.63) is 98.5 Å². The lowest BCUT2D eigenvalue weighted by molar-refractivity contribution is -0.159. The van der Waals surface area contributed by atoms with Crippen LogP contribution < -0.4 is 5.32 Å². The van der Waals surface area contributed by atoms with Crippen molar-refractivity contribution in [2.45, 2.75) is 24.8 Å². The molecule has 7 nitrogen and oxygen atoms in total. The molecule has 0 radical (unpaired) electrons. The Bertz CT molecular complexity index is 1410. The van der Waals surface area contributed by atoms with E-state index in [-0.39, 0.29) is 23.7 Å². The zero-order valence-electron chi connectivity index (χ0n) is 20.2. The van der Waals surface area contributed by atoms with E-state index >= 15 is 0 Å². The van der Waals surface area contributed by atoms with Gasteiger partial charge in [0, 0.05) is 16.3 Å². The van der Waals surface area contributed by atoms with Gasteiger partial charge in [-0.25, -0.2) is 4.79 Å². The van der Waals surface area contributed by atoms with Crippen LogP contribution in [-0.2, 0) is 23.9 Å². The van der Waals surface area contributed by atoms with Gasteiger partial charge in [0.05, 0.1) is 22.5 Å². The maximum absolute atomic E-state index is 13.7. The fraction of sp³-hybridized carbons (Fsp3) is 0.241. The second-order valence-electron chi connectivity index (χ2n) is 9.77. The number of nitrogens with one attached hydrogen (secondary N) is 1. The highest BCUT2D eigenvalue weighted by Crippen LogP contribution is 2.61. The number of benzene rings is 3. The number of nitrogens with zero attached hydrogens (tertiary/aromatic N) is 1. The van der Waals surface area contributed by atoms with Crippen molar-refractivity contribution in [2.75, 3.05) is 11.9 Å². The highest BCUT2D eigenvalue weighted by atomic mass is 79.9. The fourth-order valence-electron chi connectivity index (χ4n) is 6.22. The monoisotopic (exact) mass is 592 g/mol. The van der Waals surface area contributed by atoms with Crippen molar-refractivity contribution in [3.63, 3.8) is 0 Å². The molecule has 0 spiro atoms. The van der Waals surface area contributed by atoms with E-state index in [9.17, 15) is 19.2 Å². The van der Waals surface area contributed by atoms with Gasteiger partial charge in [-0.3, -0.25) is 19.3 Å². The van der Waals surface area contributed by atoms with Crippen molar-refractivity contribution in [1.82, 2.24) is 4.90 Å². The van der Waals surface area contributed by atoms with Crippen LogP contribution in [0.2, 0.25) is 5.02 Å². The normalized spacial score (nSPS) is 23.4. The standard InChI is InChI=1S/C29H22BrClN2O5/c1-14(29(37)38-13-22(34)32-21-11-10-15(30)12-20(21)31)33-27(35)25-23-16-6-2-3-7-17(16)24(26(25)28(33)36)19-9-5-4-8-18(19)23/h2-12,14,23-26H,13H2,1H3,(H,32,34)/t14-,23?,24?,25-,26-/m1/s1. The molecule has 38 heavy (non-hydrogen) atoms. The molecule has 0 saturated carbocycles. The zero-order valence-corrected chi connectivity index (χ0v) is 22.5. The Labute approximate surface area is 232 Å². The molecule has 3 amide bonds. The molecule has 9 heteroatoms. The van der Waals surface area contributed by atoms with Crippen molar-refractivity contribution >= 4 is 56.9 Å². The number of imide groups is 1. The predicted molar refractivity (Wildman–Crippen MR) is 144 cm³/mol. The van der Waals surface area contributed by atoms with Crippen LogP contribution in [0.3, 0.4) is 0 Å². The summed E-state index contributed by atoms with van der Waals surface area (Å²) in [7, 11) is 0. The van der Waals surface area contributed by atoms with E-state index in [0.29, 0.717) is 10.7 Å². The van der Waals surface area contributed by atoms with Crippen molar-refractivity contribution in [3.8, 4) is 0 Å². The first-order valence-corrected chi connectivity index (χ1v) is 13.4. The third kappa shape index (κ3) is 3.77. The number of carbonyl (C=O) groups excluding carboxylic acids is 4. The van der Waals surface area contributed by atoms with Gasteiger partial charge in [-0.05, 0) is 47.4 Å². The predicted octanol–water partition coefficient (Wildman–Crippen LogP) is 4.86. The number of ether oxygens (including phenoxy) is 1. The van der Waals surface area contributed by atoms with E-state index in [0.717, 1.165) is 31.6 Å². The van der Waals surface area contributed by atoms with E-state index in [1.165, 1.54) is 6.92 Å². The molecule has 3 atom stereocenters. The van der Waals surface area contributed by atoms with Crippen molar-refractivity contribution in [1.29, 1.82) is 0 Å². The van der Waals surface area contributed by atoms with Crippen LogP contribution in [0.1, 0.15) is 41.0 Å². The van der Waals surface area contributed by atoms with E-state index in [2.05, 4.69) is 21.2 Å². The van der Waals surface area contributed by atoms with E-state index in [4.69, 9.17) is 16.3 Å². The summed E-state index contributed by atoms with van der Waals surface area (Å²) in [6, 6.07) is 19.7. The molecule has 1 N–H and O–H groups in total. The third-order valence-electron chi connectivity index (χ3n) is 7.76.